The van der Waals surface area contributed by atoms with E-state index in [0.29, 0.717) is 6.54 Å². The van der Waals surface area contributed by atoms with Crippen LogP contribution in [0.3, 0.4) is 0 Å². The van der Waals surface area contributed by atoms with Gasteiger partial charge in [0.05, 0.1) is 12.0 Å². The Morgan fingerprint density at radius 2 is 1.71 bits per heavy atom. The highest BCUT2D eigenvalue weighted by atomic mass is 16.5. The first-order valence-corrected chi connectivity index (χ1v) is 11.4. The van der Waals surface area contributed by atoms with E-state index in [1.54, 1.807) is 13.8 Å². The van der Waals surface area contributed by atoms with Gasteiger partial charge in [0, 0.05) is 25.4 Å². The van der Waals surface area contributed by atoms with Gasteiger partial charge in [0.1, 0.15) is 12.6 Å². The van der Waals surface area contributed by atoms with Crippen molar-refractivity contribution in [1.29, 1.82) is 5.26 Å². The number of amides is 2. The molecular formula is C26H29N3O5. The van der Waals surface area contributed by atoms with Gasteiger partial charge in [-0.05, 0) is 42.5 Å². The lowest BCUT2D eigenvalue weighted by Gasteiger charge is -2.27. The molecule has 2 aromatic carbocycles. The minimum atomic E-state index is -1.07. The Morgan fingerprint density at radius 1 is 1.12 bits per heavy atom. The van der Waals surface area contributed by atoms with Gasteiger partial charge in [0.15, 0.2) is 0 Å². The lowest BCUT2D eigenvalue weighted by molar-refractivity contribution is -0.138. The molecule has 0 aliphatic heterocycles. The molecule has 8 nitrogen and oxygen atoms in total. The molecule has 178 valence electrons. The Bertz CT molecular complexity index is 1050. The molecule has 0 heterocycles. The summed E-state index contributed by atoms with van der Waals surface area (Å²) in [6.07, 6.45) is -1.14. The number of carbonyl (C=O) groups is 3. The Hall–Kier alpha value is -3.86. The number of hydrogen-bond donors (Lipinski definition) is 2. The number of ether oxygens (including phenoxy) is 1. The van der Waals surface area contributed by atoms with Crippen molar-refractivity contribution in [2.24, 2.45) is 5.92 Å². The number of likely N-dealkylation sites (N-methyl/N-ethyl adjacent to an activating group) is 1. The minimum Gasteiger partial charge on any atom is -0.481 e. The number of aliphatic carboxylic acids is 1. The third-order valence-electron chi connectivity index (χ3n) is 5.99. The van der Waals surface area contributed by atoms with E-state index >= 15 is 0 Å². The Balaban J connectivity index is 1.69. The van der Waals surface area contributed by atoms with Crippen LogP contribution in [0.25, 0.3) is 11.1 Å². The van der Waals surface area contributed by atoms with Crippen molar-refractivity contribution in [2.75, 3.05) is 19.7 Å². The highest BCUT2D eigenvalue weighted by Crippen LogP contribution is 2.44. The number of rotatable bonds is 10. The summed E-state index contributed by atoms with van der Waals surface area (Å²) in [7, 11) is 0. The van der Waals surface area contributed by atoms with Crippen LogP contribution in [0.1, 0.15) is 43.7 Å². The number of hydrogen-bond acceptors (Lipinski definition) is 5. The topological polar surface area (TPSA) is 120 Å². The monoisotopic (exact) mass is 463 g/mol. The maximum atomic E-state index is 13.0. The third kappa shape index (κ3) is 5.73. The van der Waals surface area contributed by atoms with Crippen molar-refractivity contribution < 1.29 is 24.2 Å². The summed E-state index contributed by atoms with van der Waals surface area (Å²) in [5, 5.41) is 20.7. The van der Waals surface area contributed by atoms with Crippen molar-refractivity contribution in [2.45, 2.75) is 38.6 Å². The summed E-state index contributed by atoms with van der Waals surface area (Å²) in [5.74, 6) is -2.02. The highest BCUT2D eigenvalue weighted by molar-refractivity contribution is 5.86. The number of fused-ring (bicyclic) bond motifs is 3. The van der Waals surface area contributed by atoms with Crippen molar-refractivity contribution >= 4 is 18.0 Å². The summed E-state index contributed by atoms with van der Waals surface area (Å²) in [6.45, 7) is 4.08. The largest absolute Gasteiger partial charge is 0.481 e. The molecule has 1 aliphatic carbocycles. The second kappa shape index (κ2) is 11.3. The molecule has 8 heteroatoms. The van der Waals surface area contributed by atoms with Crippen LogP contribution in [0.15, 0.2) is 48.5 Å². The van der Waals surface area contributed by atoms with E-state index in [1.165, 1.54) is 4.90 Å². The fraction of sp³-hybridized carbons (Fsp3) is 0.385. The molecule has 2 N–H and O–H groups in total. The molecule has 2 atom stereocenters. The molecule has 3 rings (SSSR count). The first-order chi connectivity index (χ1) is 16.3. The zero-order valence-corrected chi connectivity index (χ0v) is 19.4. The molecular weight excluding hydrogens is 434 g/mol. The minimum absolute atomic E-state index is 0.0736. The summed E-state index contributed by atoms with van der Waals surface area (Å²) in [5.41, 5.74) is 4.34. The van der Waals surface area contributed by atoms with Gasteiger partial charge in [-0.25, -0.2) is 4.79 Å². The fourth-order valence-electron chi connectivity index (χ4n) is 4.27. The van der Waals surface area contributed by atoms with Crippen LogP contribution in [0, 0.1) is 17.2 Å². The van der Waals surface area contributed by atoms with Gasteiger partial charge >= 0.3 is 12.1 Å². The van der Waals surface area contributed by atoms with E-state index in [4.69, 9.17) is 15.1 Å². The average molecular weight is 464 g/mol. The SMILES string of the molecule is CCN(CC(C)C#N)C(=O)C(CCC(=O)O)NC(=O)OCC1c2ccccc2-c2ccccc21. The third-order valence-corrected chi connectivity index (χ3v) is 5.99. The van der Waals surface area contributed by atoms with E-state index in [0.717, 1.165) is 22.3 Å². The standard InChI is InChI=1S/C26H29N3O5/c1-3-29(15-17(2)14-27)25(32)23(12-13-24(30)31)28-26(33)34-16-22-20-10-6-4-8-18(20)19-9-5-7-11-21(19)22/h4-11,17,22-23H,3,12-13,15-16H2,1-2H3,(H,28,33)(H,30,31). The number of benzene rings is 2. The Kier molecular flexibility index (Phi) is 8.25. The van der Waals surface area contributed by atoms with Crippen LogP contribution in [-0.2, 0) is 14.3 Å². The van der Waals surface area contributed by atoms with Crippen molar-refractivity contribution in [3.63, 3.8) is 0 Å². The van der Waals surface area contributed by atoms with E-state index in [2.05, 4.69) is 11.4 Å². The smallest absolute Gasteiger partial charge is 0.407 e. The first kappa shape index (κ1) is 24.8. The van der Waals surface area contributed by atoms with Crippen LogP contribution in [-0.4, -0.2) is 53.7 Å². The average Bonchev–Trinajstić information content (AvgIpc) is 3.16. The van der Waals surface area contributed by atoms with Crippen molar-refractivity contribution in [1.82, 2.24) is 10.2 Å². The predicted octanol–water partition coefficient (Wildman–Crippen LogP) is 3.77. The van der Waals surface area contributed by atoms with Gasteiger partial charge < -0.3 is 20.1 Å². The predicted molar refractivity (Wildman–Crippen MR) is 126 cm³/mol. The number of nitrogens with zero attached hydrogens (tertiary/aromatic N) is 2. The summed E-state index contributed by atoms with van der Waals surface area (Å²) < 4.78 is 5.52. The Morgan fingerprint density at radius 3 is 2.24 bits per heavy atom. The van der Waals surface area contributed by atoms with Crippen LogP contribution in [0.2, 0.25) is 0 Å². The number of carboxylic acid groups (broad SMARTS) is 1. The molecule has 0 radical (unpaired) electrons. The summed E-state index contributed by atoms with van der Waals surface area (Å²) >= 11 is 0. The number of nitrogens with one attached hydrogen (secondary N) is 1. The van der Waals surface area contributed by atoms with Crippen LogP contribution in [0.4, 0.5) is 4.79 Å². The van der Waals surface area contributed by atoms with E-state index in [1.807, 2.05) is 48.5 Å². The van der Waals surface area contributed by atoms with Gasteiger partial charge in [-0.15, -0.1) is 0 Å². The first-order valence-electron chi connectivity index (χ1n) is 11.4. The molecule has 2 aromatic rings. The molecule has 34 heavy (non-hydrogen) atoms. The highest BCUT2D eigenvalue weighted by Gasteiger charge is 2.31. The Labute approximate surface area is 199 Å². The van der Waals surface area contributed by atoms with Crippen LogP contribution < -0.4 is 5.32 Å². The molecule has 0 aromatic heterocycles. The summed E-state index contributed by atoms with van der Waals surface area (Å²) in [6, 6.07) is 16.9. The molecule has 0 saturated heterocycles. The fourth-order valence-corrected chi connectivity index (χ4v) is 4.27. The van der Waals surface area contributed by atoms with Gasteiger partial charge in [0.25, 0.3) is 0 Å². The molecule has 0 spiro atoms. The quantitative estimate of drug-likeness (QED) is 0.554. The normalized spacial score (nSPS) is 13.7. The van der Waals surface area contributed by atoms with Gasteiger partial charge in [-0.3, -0.25) is 9.59 Å². The molecule has 2 amide bonds. The number of nitriles is 1. The molecule has 1 aliphatic rings. The second-order valence-corrected chi connectivity index (χ2v) is 8.36. The van der Waals surface area contributed by atoms with Crippen molar-refractivity contribution in [3.05, 3.63) is 59.7 Å². The van der Waals surface area contributed by atoms with Crippen LogP contribution >= 0.6 is 0 Å². The van der Waals surface area contributed by atoms with Crippen LogP contribution in [0.5, 0.6) is 0 Å². The molecule has 0 bridgehead atoms. The number of carbonyl (C=O) groups excluding carboxylic acids is 2. The van der Waals surface area contributed by atoms with Crippen molar-refractivity contribution in [3.8, 4) is 17.2 Å². The van der Waals surface area contributed by atoms with Gasteiger partial charge in [-0.2, -0.15) is 5.26 Å². The van der Waals surface area contributed by atoms with E-state index in [-0.39, 0.29) is 31.9 Å². The van der Waals surface area contributed by atoms with E-state index in [9.17, 15) is 14.4 Å². The number of alkyl carbamates (subject to hydrolysis) is 1. The van der Waals surface area contributed by atoms with E-state index < -0.39 is 29.9 Å². The maximum absolute atomic E-state index is 13.0. The lowest BCUT2D eigenvalue weighted by atomic mass is 9.98. The van der Waals surface area contributed by atoms with Gasteiger partial charge in [-0.1, -0.05) is 48.5 Å². The zero-order valence-electron chi connectivity index (χ0n) is 19.4. The van der Waals surface area contributed by atoms with Gasteiger partial charge in [0.2, 0.25) is 5.91 Å². The molecule has 0 fully saturated rings. The lowest BCUT2D eigenvalue weighted by Crippen LogP contribution is -2.50. The number of carboxylic acids is 1. The zero-order chi connectivity index (χ0) is 24.7. The molecule has 0 saturated carbocycles. The summed E-state index contributed by atoms with van der Waals surface area (Å²) in [4.78, 5) is 38.2. The second-order valence-electron chi connectivity index (χ2n) is 8.36. The molecule has 2 unspecified atom stereocenters. The maximum Gasteiger partial charge on any atom is 0.407 e.